The van der Waals surface area contributed by atoms with Crippen molar-refractivity contribution in [2.45, 2.75) is 59.0 Å². The minimum absolute atomic E-state index is 0.00409. The maximum absolute atomic E-state index is 13.5. The van der Waals surface area contributed by atoms with Crippen molar-refractivity contribution in [2.75, 3.05) is 38.1 Å². The Morgan fingerprint density at radius 2 is 1.87 bits per heavy atom. The van der Waals surface area contributed by atoms with Crippen molar-refractivity contribution < 1.29 is 19.1 Å². The molecule has 0 bridgehead atoms. The fourth-order valence-electron chi connectivity index (χ4n) is 6.51. The molecule has 3 aliphatic rings. The number of anilines is 1. The van der Waals surface area contributed by atoms with E-state index in [9.17, 15) is 19.2 Å². The molecule has 0 atom stereocenters. The Kier molecular flexibility index (Phi) is 8.67. The van der Waals surface area contributed by atoms with Crippen molar-refractivity contribution >= 4 is 34.6 Å². The lowest BCUT2D eigenvalue weighted by Crippen LogP contribution is -2.45. The van der Waals surface area contributed by atoms with Crippen LogP contribution in [0, 0.1) is 13.8 Å². The summed E-state index contributed by atoms with van der Waals surface area (Å²) in [6, 6.07) is 11.6. The van der Waals surface area contributed by atoms with Crippen LogP contribution in [0.3, 0.4) is 0 Å². The van der Waals surface area contributed by atoms with Crippen LogP contribution in [0.15, 0.2) is 52.4 Å². The van der Waals surface area contributed by atoms with Gasteiger partial charge < -0.3 is 24.8 Å². The van der Waals surface area contributed by atoms with E-state index >= 15 is 0 Å². The van der Waals surface area contributed by atoms with Crippen molar-refractivity contribution in [3.8, 4) is 5.75 Å². The van der Waals surface area contributed by atoms with Crippen LogP contribution >= 0.6 is 0 Å². The van der Waals surface area contributed by atoms with E-state index in [1.807, 2.05) is 49.1 Å². The second-order valence-electron chi connectivity index (χ2n) is 12.4. The van der Waals surface area contributed by atoms with E-state index in [4.69, 9.17) is 9.73 Å². The zero-order chi connectivity index (χ0) is 31.7. The minimum atomic E-state index is -0.296. The maximum Gasteiger partial charge on any atom is 0.259 e. The van der Waals surface area contributed by atoms with E-state index in [1.54, 1.807) is 19.2 Å². The fourth-order valence-corrected chi connectivity index (χ4v) is 6.51. The van der Waals surface area contributed by atoms with Gasteiger partial charge in [-0.2, -0.15) is 0 Å². The highest BCUT2D eigenvalue weighted by Crippen LogP contribution is 2.37. The molecule has 0 spiro atoms. The molecule has 234 valence electrons. The quantitative estimate of drug-likeness (QED) is 0.335. The molecule has 6 rings (SSSR count). The third kappa shape index (κ3) is 6.61. The number of nitrogens with zero attached hydrogens (tertiary/aromatic N) is 3. The molecule has 4 heterocycles. The van der Waals surface area contributed by atoms with Crippen LogP contribution in [0.5, 0.6) is 5.75 Å². The molecule has 3 aliphatic heterocycles. The number of carbonyl (C=O) groups is 3. The number of aryl methyl sites for hydroxylation is 2. The Morgan fingerprint density at radius 3 is 2.62 bits per heavy atom. The van der Waals surface area contributed by atoms with Gasteiger partial charge in [0.25, 0.3) is 11.5 Å². The van der Waals surface area contributed by atoms with Crippen LogP contribution in [0.1, 0.15) is 64.4 Å². The second-order valence-corrected chi connectivity index (χ2v) is 12.4. The number of rotatable bonds is 11. The summed E-state index contributed by atoms with van der Waals surface area (Å²) >= 11 is 0. The summed E-state index contributed by atoms with van der Waals surface area (Å²) in [6.45, 7) is 8.58. The Morgan fingerprint density at radius 1 is 1.07 bits per heavy atom. The summed E-state index contributed by atoms with van der Waals surface area (Å²) in [6.07, 6.45) is 4.32. The maximum atomic E-state index is 13.5. The number of likely N-dealkylation sites (tertiary alicyclic amines) is 1. The largest absolute Gasteiger partial charge is 0.485 e. The lowest BCUT2D eigenvalue weighted by atomic mass is 10.00. The Balaban J connectivity index is 1.10. The molecule has 45 heavy (non-hydrogen) atoms. The number of hydrogen-bond donors (Lipinski definition) is 2. The molecule has 0 aliphatic carbocycles. The van der Waals surface area contributed by atoms with Crippen LogP contribution in [0.25, 0.3) is 0 Å². The predicted molar refractivity (Wildman–Crippen MR) is 173 cm³/mol. The van der Waals surface area contributed by atoms with E-state index in [-0.39, 0.29) is 42.2 Å². The predicted octanol–water partition coefficient (Wildman–Crippen LogP) is 4.13. The van der Waals surface area contributed by atoms with Gasteiger partial charge in [-0.05, 0) is 74.6 Å². The van der Waals surface area contributed by atoms with Gasteiger partial charge in [-0.1, -0.05) is 17.7 Å². The molecule has 0 unspecified atom stereocenters. The van der Waals surface area contributed by atoms with E-state index < -0.39 is 0 Å². The summed E-state index contributed by atoms with van der Waals surface area (Å²) in [5, 5.41) is 3.12. The molecule has 10 heteroatoms. The molecule has 2 aromatic carbocycles. The number of benzene rings is 2. The smallest absolute Gasteiger partial charge is 0.259 e. The highest BCUT2D eigenvalue weighted by Gasteiger charge is 2.36. The average Bonchev–Trinajstić information content (AvgIpc) is 3.57. The molecule has 1 amide bonds. The molecular weight excluding hydrogens is 570 g/mol. The lowest BCUT2D eigenvalue weighted by Gasteiger charge is -2.36. The van der Waals surface area contributed by atoms with Gasteiger partial charge in [-0.3, -0.25) is 24.2 Å². The molecular formula is C35H39N5O5. The van der Waals surface area contributed by atoms with Crippen LogP contribution in [-0.4, -0.2) is 76.8 Å². The Bertz CT molecular complexity index is 1750. The first-order valence-corrected chi connectivity index (χ1v) is 15.6. The van der Waals surface area contributed by atoms with Crippen LogP contribution in [-0.2, 0) is 22.6 Å². The van der Waals surface area contributed by atoms with Gasteiger partial charge in [0.05, 0.1) is 29.2 Å². The summed E-state index contributed by atoms with van der Waals surface area (Å²) in [4.78, 5) is 62.4. The molecule has 10 nitrogen and oxygen atoms in total. The third-order valence-corrected chi connectivity index (χ3v) is 8.97. The van der Waals surface area contributed by atoms with Crippen LogP contribution in [0.4, 0.5) is 11.4 Å². The molecule has 1 fully saturated rings. The number of aliphatic imine (C=N–C) groups is 1. The van der Waals surface area contributed by atoms with Gasteiger partial charge in [0, 0.05) is 56.8 Å². The van der Waals surface area contributed by atoms with Gasteiger partial charge in [0.15, 0.2) is 5.78 Å². The number of amides is 1. The van der Waals surface area contributed by atoms with Crippen molar-refractivity contribution in [2.24, 2.45) is 4.99 Å². The van der Waals surface area contributed by atoms with Gasteiger partial charge in [0.2, 0.25) is 0 Å². The van der Waals surface area contributed by atoms with Crippen molar-refractivity contribution in [3.05, 3.63) is 86.3 Å². The zero-order valence-corrected chi connectivity index (χ0v) is 26.1. The number of ether oxygens (including phenoxy) is 1. The topological polar surface area (TPSA) is 124 Å². The van der Waals surface area contributed by atoms with Crippen LogP contribution in [0.2, 0.25) is 0 Å². The second kappa shape index (κ2) is 12.8. The first kappa shape index (κ1) is 30.5. The normalized spacial score (nSPS) is 16.4. The number of pyridine rings is 1. The molecule has 0 radical (unpaired) electrons. The summed E-state index contributed by atoms with van der Waals surface area (Å²) in [5.74, 6) is 0.767. The van der Waals surface area contributed by atoms with Crippen molar-refractivity contribution in [3.63, 3.8) is 0 Å². The van der Waals surface area contributed by atoms with E-state index in [2.05, 4.69) is 15.2 Å². The minimum Gasteiger partial charge on any atom is -0.485 e. The number of hydrogen-bond acceptors (Lipinski definition) is 8. The third-order valence-electron chi connectivity index (χ3n) is 8.97. The molecule has 0 saturated carbocycles. The Labute approximate surface area is 262 Å². The standard InChI is InChI=1S/C35H39N5O5/c1-21-4-5-32(22(2)14-21)45-20-27(42)18-37-29-6-10-36-34(43)33(29)31-16-24-15-28-25(17-30(24)38-31)19-40(35(28)44)26-8-12-39(13-9-26)11-7-23(3)41/h4-6,10,14-15,17,26H,7-9,11-13,16,18-20H2,1-3H3,(H2,36,37,43). The highest BCUT2D eigenvalue weighted by molar-refractivity contribution is 6.11. The number of aromatic nitrogens is 1. The number of nitrogens with one attached hydrogen (secondary N) is 2. The van der Waals surface area contributed by atoms with Gasteiger partial charge in [0.1, 0.15) is 18.1 Å². The Hall–Kier alpha value is -4.57. The summed E-state index contributed by atoms with van der Waals surface area (Å²) in [5.41, 5.74) is 6.64. The first-order chi connectivity index (χ1) is 21.7. The molecule has 1 aromatic heterocycles. The summed E-state index contributed by atoms with van der Waals surface area (Å²) in [7, 11) is 0. The number of fused-ring (bicyclic) bond motifs is 2. The zero-order valence-electron chi connectivity index (χ0n) is 26.1. The number of piperidine rings is 1. The van der Waals surface area contributed by atoms with Gasteiger partial charge in [-0.15, -0.1) is 0 Å². The van der Waals surface area contributed by atoms with E-state index in [0.29, 0.717) is 47.7 Å². The number of carbonyl (C=O) groups excluding carboxylic acids is 3. The first-order valence-electron chi connectivity index (χ1n) is 15.6. The SMILES string of the molecule is CC(=O)CCN1CCC(N2Cc3cc4c(cc3C2=O)CC(c2c(NCC(=O)COc3ccc(C)cc3C)cc[nH]c2=O)=N4)CC1. The van der Waals surface area contributed by atoms with Crippen molar-refractivity contribution in [1.82, 2.24) is 14.8 Å². The number of ketones is 2. The molecule has 2 N–H and O–H groups in total. The average molecular weight is 610 g/mol. The van der Waals surface area contributed by atoms with Crippen LogP contribution < -0.4 is 15.6 Å². The van der Waals surface area contributed by atoms with E-state index in [1.165, 1.54) is 0 Å². The fraction of sp³-hybridized carbons (Fsp3) is 0.400. The number of aromatic amines is 1. The lowest BCUT2D eigenvalue weighted by molar-refractivity contribution is -0.119. The van der Waals surface area contributed by atoms with Crippen molar-refractivity contribution in [1.29, 1.82) is 0 Å². The summed E-state index contributed by atoms with van der Waals surface area (Å²) < 4.78 is 5.73. The highest BCUT2D eigenvalue weighted by atomic mass is 16.5. The molecule has 3 aromatic rings. The van der Waals surface area contributed by atoms with Gasteiger partial charge >= 0.3 is 0 Å². The van der Waals surface area contributed by atoms with Gasteiger partial charge in [-0.25, -0.2) is 0 Å². The molecule has 1 saturated heterocycles. The monoisotopic (exact) mass is 609 g/mol. The number of H-pyrrole nitrogens is 1. The number of Topliss-reactive ketones (excluding diaryl/α,β-unsaturated/α-hetero) is 2. The van der Waals surface area contributed by atoms with E-state index in [0.717, 1.165) is 60.4 Å².